The number of hydrogen-bond donors (Lipinski definition) is 1. The summed E-state index contributed by atoms with van der Waals surface area (Å²) in [7, 11) is 3.11. The Bertz CT molecular complexity index is 1580. The van der Waals surface area contributed by atoms with Crippen LogP contribution in [0, 0.1) is 0 Å². The Hall–Kier alpha value is -4.57. The van der Waals surface area contributed by atoms with Gasteiger partial charge >= 0.3 is 6.09 Å². The summed E-state index contributed by atoms with van der Waals surface area (Å²) in [5.74, 6) is 0.400. The number of ether oxygens (including phenoxy) is 3. The highest BCUT2D eigenvalue weighted by Crippen LogP contribution is 2.40. The van der Waals surface area contributed by atoms with Crippen LogP contribution in [0.4, 0.5) is 10.5 Å². The van der Waals surface area contributed by atoms with Gasteiger partial charge in [-0.1, -0.05) is 42.5 Å². The van der Waals surface area contributed by atoms with Crippen molar-refractivity contribution in [2.45, 2.75) is 58.2 Å². The normalized spacial score (nSPS) is 16.5. The minimum Gasteiger partial charge on any atom is -0.493 e. The summed E-state index contributed by atoms with van der Waals surface area (Å²) in [6.07, 6.45) is 0.408. The van der Waals surface area contributed by atoms with Gasteiger partial charge in [-0.3, -0.25) is 19.4 Å². The SMILES string of the molecule is COc1ccc([C@@H](CCCNC(=O)OC(C)(C)C)N2C(=O)c3cccc(N4CCN(C(C)c5ccccc5)CC4)c3C2=O)cc1OC. The molecule has 3 aromatic rings. The van der Waals surface area contributed by atoms with Gasteiger partial charge in [0.25, 0.3) is 11.8 Å². The molecule has 10 nitrogen and oxygen atoms in total. The van der Waals surface area contributed by atoms with Gasteiger partial charge in [-0.2, -0.15) is 0 Å². The number of fused-ring (bicyclic) bond motifs is 1. The second-order valence-corrected chi connectivity index (χ2v) is 13.0. The molecular formula is C37H46N4O6. The van der Waals surface area contributed by atoms with Crippen LogP contribution in [-0.2, 0) is 4.74 Å². The van der Waals surface area contributed by atoms with Crippen LogP contribution < -0.4 is 19.7 Å². The molecule has 0 radical (unpaired) electrons. The lowest BCUT2D eigenvalue weighted by Gasteiger charge is -2.39. The topological polar surface area (TPSA) is 101 Å². The van der Waals surface area contributed by atoms with E-state index in [1.807, 2.05) is 30.3 Å². The third kappa shape index (κ3) is 7.54. The zero-order chi connectivity index (χ0) is 33.7. The van der Waals surface area contributed by atoms with Gasteiger partial charge in [0, 0.05) is 38.8 Å². The molecule has 1 fully saturated rings. The van der Waals surface area contributed by atoms with E-state index >= 15 is 0 Å². The van der Waals surface area contributed by atoms with E-state index in [9.17, 15) is 14.4 Å². The van der Waals surface area contributed by atoms with Crippen molar-refractivity contribution >= 4 is 23.6 Å². The van der Waals surface area contributed by atoms with E-state index in [1.165, 1.54) is 10.5 Å². The van der Waals surface area contributed by atoms with E-state index in [4.69, 9.17) is 14.2 Å². The van der Waals surface area contributed by atoms with Gasteiger partial charge < -0.3 is 24.4 Å². The first-order valence-corrected chi connectivity index (χ1v) is 16.3. The monoisotopic (exact) mass is 642 g/mol. The summed E-state index contributed by atoms with van der Waals surface area (Å²) in [6.45, 7) is 11.1. The molecule has 0 aromatic heterocycles. The van der Waals surface area contributed by atoms with E-state index in [1.54, 1.807) is 47.1 Å². The average Bonchev–Trinajstić information content (AvgIpc) is 3.32. The molecule has 2 atom stereocenters. The first-order valence-electron chi connectivity index (χ1n) is 16.3. The number of methoxy groups -OCH3 is 2. The number of piperazine rings is 1. The van der Waals surface area contributed by atoms with Gasteiger partial charge in [0.2, 0.25) is 0 Å². The number of nitrogens with one attached hydrogen (secondary N) is 1. The van der Waals surface area contributed by atoms with Crippen molar-refractivity contribution in [3.05, 3.63) is 89.0 Å². The van der Waals surface area contributed by atoms with Crippen molar-refractivity contribution in [2.24, 2.45) is 0 Å². The highest BCUT2D eigenvalue weighted by Gasteiger charge is 2.43. The number of imide groups is 1. The number of anilines is 1. The largest absolute Gasteiger partial charge is 0.493 e. The second kappa shape index (κ2) is 14.5. The van der Waals surface area contributed by atoms with E-state index < -0.39 is 17.7 Å². The van der Waals surface area contributed by atoms with Crippen molar-refractivity contribution in [3.8, 4) is 11.5 Å². The molecule has 0 saturated carbocycles. The molecule has 0 spiro atoms. The first kappa shape index (κ1) is 33.8. The molecule has 10 heteroatoms. The number of nitrogens with zero attached hydrogens (tertiary/aromatic N) is 3. The van der Waals surface area contributed by atoms with Crippen LogP contribution in [-0.4, -0.2) is 80.3 Å². The third-order valence-corrected chi connectivity index (χ3v) is 8.84. The Balaban J connectivity index is 1.37. The van der Waals surface area contributed by atoms with Crippen molar-refractivity contribution in [3.63, 3.8) is 0 Å². The van der Waals surface area contributed by atoms with Gasteiger partial charge in [0.15, 0.2) is 11.5 Å². The van der Waals surface area contributed by atoms with Gasteiger partial charge in [-0.05, 0) is 75.9 Å². The maximum Gasteiger partial charge on any atom is 0.407 e. The molecule has 2 heterocycles. The first-order chi connectivity index (χ1) is 22.5. The lowest BCUT2D eigenvalue weighted by molar-refractivity contribution is 0.0510. The Morgan fingerprint density at radius 2 is 1.55 bits per heavy atom. The zero-order valence-electron chi connectivity index (χ0n) is 28.2. The maximum absolute atomic E-state index is 14.3. The molecule has 3 amide bonds. The molecule has 250 valence electrons. The summed E-state index contributed by atoms with van der Waals surface area (Å²) in [5.41, 5.74) is 3.04. The molecule has 47 heavy (non-hydrogen) atoms. The summed E-state index contributed by atoms with van der Waals surface area (Å²) in [4.78, 5) is 46.7. The van der Waals surface area contributed by atoms with Crippen LogP contribution >= 0.6 is 0 Å². The Morgan fingerprint density at radius 3 is 2.21 bits per heavy atom. The smallest absolute Gasteiger partial charge is 0.407 e. The van der Waals surface area contributed by atoms with Crippen LogP contribution in [0.3, 0.4) is 0 Å². The molecule has 2 aliphatic rings. The predicted octanol–water partition coefficient (Wildman–Crippen LogP) is 6.23. The molecule has 1 N–H and O–H groups in total. The maximum atomic E-state index is 14.3. The van der Waals surface area contributed by atoms with Gasteiger partial charge in [-0.25, -0.2) is 4.79 Å². The number of amides is 3. The minimum absolute atomic E-state index is 0.283. The van der Waals surface area contributed by atoms with Gasteiger partial charge in [-0.15, -0.1) is 0 Å². The van der Waals surface area contributed by atoms with Crippen molar-refractivity contribution in [1.82, 2.24) is 15.1 Å². The summed E-state index contributed by atoms with van der Waals surface area (Å²) in [6, 6.07) is 21.1. The van der Waals surface area contributed by atoms with Crippen LogP contribution in [0.25, 0.3) is 0 Å². The molecule has 1 unspecified atom stereocenters. The summed E-state index contributed by atoms with van der Waals surface area (Å²) >= 11 is 0. The Kier molecular flexibility index (Phi) is 10.4. The van der Waals surface area contributed by atoms with Gasteiger partial charge in [0.1, 0.15) is 5.60 Å². The van der Waals surface area contributed by atoms with Crippen LogP contribution in [0.15, 0.2) is 66.7 Å². The minimum atomic E-state index is -0.614. The number of hydrogen-bond acceptors (Lipinski definition) is 8. The highest BCUT2D eigenvalue weighted by atomic mass is 16.6. The lowest BCUT2D eigenvalue weighted by Crippen LogP contribution is -2.47. The fourth-order valence-corrected chi connectivity index (χ4v) is 6.43. The van der Waals surface area contributed by atoms with E-state index in [2.05, 4.69) is 46.3 Å². The standard InChI is InChI=1S/C37H46N4O6/c1-25(26-12-8-7-9-13-26)39-20-22-40(23-21-39)30-15-10-14-28-33(30)35(43)41(34(28)42)29(16-11-19-38-36(44)47-37(2,3)4)27-17-18-31(45-5)32(24-27)46-6/h7-10,12-15,17-18,24-25,29H,11,16,19-23H2,1-6H3,(H,38,44)/t25?,29-/m1/s1. The molecule has 2 aliphatic heterocycles. The Labute approximate surface area is 277 Å². The van der Waals surface area contributed by atoms with Crippen LogP contribution in [0.1, 0.15) is 84.5 Å². The lowest BCUT2D eigenvalue weighted by atomic mass is 9.99. The van der Waals surface area contributed by atoms with E-state index in [0.717, 1.165) is 37.4 Å². The van der Waals surface area contributed by atoms with Gasteiger partial charge in [0.05, 0.1) is 37.1 Å². The number of carbonyl (C=O) groups is 3. The summed E-state index contributed by atoms with van der Waals surface area (Å²) < 4.78 is 16.4. The zero-order valence-corrected chi connectivity index (χ0v) is 28.2. The van der Waals surface area contributed by atoms with Crippen LogP contribution in [0.2, 0.25) is 0 Å². The molecule has 0 bridgehead atoms. The average molecular weight is 643 g/mol. The predicted molar refractivity (Wildman–Crippen MR) is 181 cm³/mol. The summed E-state index contributed by atoms with van der Waals surface area (Å²) in [5, 5.41) is 2.79. The van der Waals surface area contributed by atoms with Crippen LogP contribution in [0.5, 0.6) is 11.5 Å². The molecule has 0 aliphatic carbocycles. The number of rotatable bonds is 11. The van der Waals surface area contributed by atoms with Crippen molar-refractivity contribution in [2.75, 3.05) is 51.8 Å². The van der Waals surface area contributed by atoms with E-state index in [-0.39, 0.29) is 17.9 Å². The van der Waals surface area contributed by atoms with E-state index in [0.29, 0.717) is 42.0 Å². The van der Waals surface area contributed by atoms with Crippen molar-refractivity contribution in [1.29, 1.82) is 0 Å². The fraction of sp³-hybridized carbons (Fsp3) is 0.432. The quantitative estimate of drug-likeness (QED) is 0.194. The number of benzene rings is 3. The highest BCUT2D eigenvalue weighted by molar-refractivity contribution is 6.24. The fourth-order valence-electron chi connectivity index (χ4n) is 6.43. The third-order valence-electron chi connectivity index (χ3n) is 8.84. The molecule has 5 rings (SSSR count). The molecule has 1 saturated heterocycles. The molecular weight excluding hydrogens is 596 g/mol. The second-order valence-electron chi connectivity index (χ2n) is 13.0. The van der Waals surface area contributed by atoms with Crippen molar-refractivity contribution < 1.29 is 28.6 Å². The Morgan fingerprint density at radius 1 is 0.851 bits per heavy atom. The molecule has 3 aromatic carbocycles. The number of carbonyl (C=O) groups excluding carboxylic acids is 3. The number of alkyl carbamates (subject to hydrolysis) is 1.